The molecule has 106 valence electrons. The minimum atomic E-state index is -0.0513. The number of hydrazine groups is 1. The van der Waals surface area contributed by atoms with Gasteiger partial charge in [0.25, 0.3) is 0 Å². The normalized spacial score (nSPS) is 32.8. The average molecular weight is 282 g/mol. The molecule has 4 nitrogen and oxygen atoms in total. The van der Waals surface area contributed by atoms with Crippen LogP contribution in [-0.4, -0.2) is 25.4 Å². The van der Waals surface area contributed by atoms with Crippen LogP contribution in [0.4, 0.5) is 0 Å². The third-order valence-corrected chi connectivity index (χ3v) is 5.40. The molecule has 1 spiro atoms. The van der Waals surface area contributed by atoms with Crippen LogP contribution in [-0.2, 0) is 9.47 Å². The van der Waals surface area contributed by atoms with Crippen molar-refractivity contribution in [1.29, 1.82) is 0 Å². The van der Waals surface area contributed by atoms with Crippen molar-refractivity contribution >= 4 is 11.3 Å². The van der Waals surface area contributed by atoms with Gasteiger partial charge in [-0.05, 0) is 37.8 Å². The van der Waals surface area contributed by atoms with E-state index in [1.165, 1.54) is 9.75 Å². The van der Waals surface area contributed by atoms with E-state index >= 15 is 0 Å². The van der Waals surface area contributed by atoms with Crippen LogP contribution in [0.15, 0.2) is 12.1 Å². The number of rotatable bonds is 3. The van der Waals surface area contributed by atoms with E-state index in [1.54, 1.807) is 0 Å². The zero-order valence-electron chi connectivity index (χ0n) is 11.4. The van der Waals surface area contributed by atoms with Crippen LogP contribution in [0.1, 0.15) is 35.1 Å². The van der Waals surface area contributed by atoms with Crippen LogP contribution in [0.2, 0.25) is 0 Å². The molecule has 3 rings (SSSR count). The fourth-order valence-corrected chi connectivity index (χ4v) is 4.32. The van der Waals surface area contributed by atoms with Crippen LogP contribution in [0, 0.1) is 12.8 Å². The number of hydrogen-bond donors (Lipinski definition) is 2. The lowest BCUT2D eigenvalue weighted by atomic mass is 9.81. The van der Waals surface area contributed by atoms with Gasteiger partial charge in [-0.25, -0.2) is 0 Å². The number of ether oxygens (including phenoxy) is 2. The Morgan fingerprint density at radius 2 is 2.37 bits per heavy atom. The number of aryl methyl sites for hydroxylation is 1. The maximum absolute atomic E-state index is 6.00. The number of hydrogen-bond acceptors (Lipinski definition) is 5. The van der Waals surface area contributed by atoms with Crippen molar-refractivity contribution in [3.8, 4) is 0 Å². The van der Waals surface area contributed by atoms with E-state index in [2.05, 4.69) is 24.5 Å². The summed E-state index contributed by atoms with van der Waals surface area (Å²) in [6.45, 7) is 4.52. The molecule has 3 N–H and O–H groups in total. The number of nitrogens with one attached hydrogen (secondary N) is 1. The molecule has 0 aromatic carbocycles. The minimum absolute atomic E-state index is 0.0513. The molecule has 5 heteroatoms. The first-order valence-electron chi connectivity index (χ1n) is 6.97. The highest BCUT2D eigenvalue weighted by molar-refractivity contribution is 7.12. The van der Waals surface area contributed by atoms with Crippen molar-refractivity contribution in [3.05, 3.63) is 21.9 Å². The first-order chi connectivity index (χ1) is 9.22. The van der Waals surface area contributed by atoms with Gasteiger partial charge in [-0.3, -0.25) is 11.3 Å². The number of nitrogens with two attached hydrogens (primary N) is 1. The molecule has 1 aromatic rings. The van der Waals surface area contributed by atoms with Gasteiger partial charge in [0.05, 0.1) is 18.2 Å². The van der Waals surface area contributed by atoms with Gasteiger partial charge in [0.1, 0.15) is 0 Å². The average Bonchev–Trinajstić information content (AvgIpc) is 3.01. The lowest BCUT2D eigenvalue weighted by Gasteiger charge is -2.40. The monoisotopic (exact) mass is 282 g/mol. The standard InChI is InChI=1S/C14H22N2O2S/c1-10-2-3-12(19-10)13(16-15)11-4-6-18-14(8-11)5-7-17-9-14/h2-3,11,13,16H,4-9,15H2,1H3. The second-order valence-electron chi connectivity index (χ2n) is 5.68. The lowest BCUT2D eigenvalue weighted by Crippen LogP contribution is -2.45. The summed E-state index contributed by atoms with van der Waals surface area (Å²) < 4.78 is 11.5. The highest BCUT2D eigenvalue weighted by Gasteiger charge is 2.43. The predicted octanol–water partition coefficient (Wildman–Crippen LogP) is 2.15. The molecule has 0 bridgehead atoms. The Labute approximate surface area is 118 Å². The smallest absolute Gasteiger partial charge is 0.0940 e. The Hall–Kier alpha value is -0.460. The van der Waals surface area contributed by atoms with Gasteiger partial charge in [0.2, 0.25) is 0 Å². The SMILES string of the molecule is Cc1ccc(C(NN)C2CCOC3(CCOC3)C2)s1. The van der Waals surface area contributed by atoms with Crippen molar-refractivity contribution in [2.45, 2.75) is 37.8 Å². The molecule has 2 aliphatic rings. The molecule has 0 amide bonds. The zero-order valence-corrected chi connectivity index (χ0v) is 12.2. The molecule has 19 heavy (non-hydrogen) atoms. The second kappa shape index (κ2) is 5.50. The topological polar surface area (TPSA) is 56.5 Å². The molecule has 0 radical (unpaired) electrons. The van der Waals surface area contributed by atoms with E-state index < -0.39 is 0 Å². The summed E-state index contributed by atoms with van der Waals surface area (Å²) in [5.74, 6) is 6.34. The molecule has 0 saturated carbocycles. The Kier molecular flexibility index (Phi) is 3.91. The lowest BCUT2D eigenvalue weighted by molar-refractivity contribution is -0.103. The fourth-order valence-electron chi connectivity index (χ4n) is 3.28. The quantitative estimate of drug-likeness (QED) is 0.659. The third-order valence-electron chi connectivity index (χ3n) is 4.32. The van der Waals surface area contributed by atoms with E-state index in [0.717, 1.165) is 39.1 Å². The molecular formula is C14H22N2O2S. The predicted molar refractivity (Wildman–Crippen MR) is 76.0 cm³/mol. The molecule has 1 aromatic heterocycles. The van der Waals surface area contributed by atoms with Crippen molar-refractivity contribution in [1.82, 2.24) is 5.43 Å². The third kappa shape index (κ3) is 2.71. The van der Waals surface area contributed by atoms with E-state index in [9.17, 15) is 0 Å². The molecule has 3 unspecified atom stereocenters. The van der Waals surface area contributed by atoms with Crippen LogP contribution in [0.5, 0.6) is 0 Å². The largest absolute Gasteiger partial charge is 0.378 e. The molecule has 3 atom stereocenters. The molecular weight excluding hydrogens is 260 g/mol. The van der Waals surface area contributed by atoms with Gasteiger partial charge < -0.3 is 9.47 Å². The van der Waals surface area contributed by atoms with Crippen molar-refractivity contribution in [3.63, 3.8) is 0 Å². The summed E-state index contributed by atoms with van der Waals surface area (Å²) in [5, 5.41) is 0. The summed E-state index contributed by atoms with van der Waals surface area (Å²) in [5.41, 5.74) is 2.97. The summed E-state index contributed by atoms with van der Waals surface area (Å²) in [6, 6.07) is 4.59. The van der Waals surface area contributed by atoms with Crippen molar-refractivity contribution in [2.24, 2.45) is 11.8 Å². The summed E-state index contributed by atoms with van der Waals surface area (Å²) in [4.78, 5) is 2.67. The van der Waals surface area contributed by atoms with Crippen LogP contribution in [0.25, 0.3) is 0 Å². The Balaban J connectivity index is 1.76. The second-order valence-corrected chi connectivity index (χ2v) is 7.00. The molecule has 3 heterocycles. The Bertz CT molecular complexity index is 429. The summed E-state index contributed by atoms with van der Waals surface area (Å²) in [6.07, 6.45) is 3.12. The van der Waals surface area contributed by atoms with Crippen molar-refractivity contribution in [2.75, 3.05) is 19.8 Å². The zero-order chi connectivity index (χ0) is 13.3. The fraction of sp³-hybridized carbons (Fsp3) is 0.714. The maximum Gasteiger partial charge on any atom is 0.0940 e. The van der Waals surface area contributed by atoms with E-state index in [-0.39, 0.29) is 11.6 Å². The van der Waals surface area contributed by atoms with Gasteiger partial charge >= 0.3 is 0 Å². The molecule has 2 fully saturated rings. The molecule has 2 saturated heterocycles. The maximum atomic E-state index is 6.00. The highest BCUT2D eigenvalue weighted by Crippen LogP contribution is 2.41. The summed E-state index contributed by atoms with van der Waals surface area (Å²) in [7, 11) is 0. The Morgan fingerprint density at radius 1 is 1.47 bits per heavy atom. The van der Waals surface area contributed by atoms with Crippen LogP contribution >= 0.6 is 11.3 Å². The van der Waals surface area contributed by atoms with Crippen LogP contribution in [0.3, 0.4) is 0 Å². The Morgan fingerprint density at radius 3 is 3.00 bits per heavy atom. The molecule has 2 aliphatic heterocycles. The van der Waals surface area contributed by atoms with Gasteiger partial charge in [0, 0.05) is 29.4 Å². The van der Waals surface area contributed by atoms with E-state index in [0.29, 0.717) is 5.92 Å². The summed E-state index contributed by atoms with van der Waals surface area (Å²) >= 11 is 1.83. The number of thiophene rings is 1. The van der Waals surface area contributed by atoms with Crippen molar-refractivity contribution < 1.29 is 9.47 Å². The van der Waals surface area contributed by atoms with Crippen LogP contribution < -0.4 is 11.3 Å². The minimum Gasteiger partial charge on any atom is -0.378 e. The first-order valence-corrected chi connectivity index (χ1v) is 7.78. The van der Waals surface area contributed by atoms with Gasteiger partial charge in [0.15, 0.2) is 0 Å². The highest BCUT2D eigenvalue weighted by atomic mass is 32.1. The molecule has 0 aliphatic carbocycles. The van der Waals surface area contributed by atoms with Gasteiger partial charge in [-0.1, -0.05) is 0 Å². The van der Waals surface area contributed by atoms with E-state index in [4.69, 9.17) is 15.3 Å². The van der Waals surface area contributed by atoms with Gasteiger partial charge in [-0.2, -0.15) is 0 Å². The van der Waals surface area contributed by atoms with E-state index in [1.807, 2.05) is 11.3 Å². The van der Waals surface area contributed by atoms with Gasteiger partial charge in [-0.15, -0.1) is 11.3 Å². The first kappa shape index (κ1) is 13.5.